The minimum absolute atomic E-state index is 0.0311. The molecular weight excluding hydrogens is 294 g/mol. The van der Waals surface area contributed by atoms with E-state index in [1.54, 1.807) is 18.3 Å². The topological polar surface area (TPSA) is 95.1 Å². The molecule has 122 valence electrons. The van der Waals surface area contributed by atoms with Crippen LogP contribution in [0.15, 0.2) is 24.4 Å². The first-order valence-corrected chi connectivity index (χ1v) is 8.05. The Bertz CT molecular complexity index is 715. The monoisotopic (exact) mass is 315 g/mol. The van der Waals surface area contributed by atoms with Gasteiger partial charge in [-0.15, -0.1) is 0 Å². The lowest BCUT2D eigenvalue weighted by Crippen LogP contribution is -2.35. The number of hydrogen-bond acceptors (Lipinski definition) is 3. The lowest BCUT2D eigenvalue weighted by Gasteiger charge is -2.27. The predicted molar refractivity (Wildman–Crippen MR) is 87.1 cm³/mol. The largest absolute Gasteiger partial charge is 0.481 e. The van der Waals surface area contributed by atoms with E-state index in [0.29, 0.717) is 18.5 Å². The van der Waals surface area contributed by atoms with E-state index < -0.39 is 11.4 Å². The first kappa shape index (κ1) is 15.5. The van der Waals surface area contributed by atoms with Crippen molar-refractivity contribution in [1.82, 2.24) is 10.2 Å². The summed E-state index contributed by atoms with van der Waals surface area (Å²) >= 11 is 0. The highest BCUT2D eigenvalue weighted by Crippen LogP contribution is 2.38. The van der Waals surface area contributed by atoms with Gasteiger partial charge >= 0.3 is 5.97 Å². The maximum atomic E-state index is 12.4. The molecule has 6 nitrogen and oxygen atoms in total. The van der Waals surface area contributed by atoms with E-state index in [-0.39, 0.29) is 12.3 Å². The van der Waals surface area contributed by atoms with Gasteiger partial charge in [0, 0.05) is 17.5 Å². The third-order valence-electron chi connectivity index (χ3n) is 4.74. The number of carbonyl (C=O) groups is 2. The van der Waals surface area contributed by atoms with Crippen LogP contribution in [0.4, 0.5) is 5.69 Å². The van der Waals surface area contributed by atoms with Gasteiger partial charge < -0.3 is 10.4 Å². The molecule has 23 heavy (non-hydrogen) atoms. The summed E-state index contributed by atoms with van der Waals surface area (Å²) in [5.74, 6) is -1.09. The van der Waals surface area contributed by atoms with E-state index in [9.17, 15) is 14.7 Å². The molecule has 0 atom stereocenters. The summed E-state index contributed by atoms with van der Waals surface area (Å²) in [6.45, 7) is 0. The molecule has 1 aliphatic rings. The van der Waals surface area contributed by atoms with Gasteiger partial charge in [0.2, 0.25) is 5.91 Å². The summed E-state index contributed by atoms with van der Waals surface area (Å²) in [5, 5.41) is 20.2. The zero-order chi connectivity index (χ0) is 16.3. The van der Waals surface area contributed by atoms with E-state index in [2.05, 4.69) is 15.5 Å². The van der Waals surface area contributed by atoms with E-state index >= 15 is 0 Å². The third-order valence-corrected chi connectivity index (χ3v) is 4.74. The predicted octanol–water partition coefficient (Wildman–Crippen LogP) is 3.32. The number of fused-ring (bicyclic) bond motifs is 1. The molecule has 2 aromatic rings. The van der Waals surface area contributed by atoms with Crippen molar-refractivity contribution in [3.05, 3.63) is 24.4 Å². The Morgan fingerprint density at radius 1 is 1.22 bits per heavy atom. The van der Waals surface area contributed by atoms with Crippen molar-refractivity contribution in [2.75, 3.05) is 5.32 Å². The van der Waals surface area contributed by atoms with Crippen LogP contribution in [0.3, 0.4) is 0 Å². The molecule has 1 amide bonds. The number of aliphatic carboxylic acids is 1. The summed E-state index contributed by atoms with van der Waals surface area (Å²) in [7, 11) is 0. The number of rotatable bonds is 4. The number of benzene rings is 1. The number of H-pyrrole nitrogens is 1. The van der Waals surface area contributed by atoms with Gasteiger partial charge in [-0.25, -0.2) is 0 Å². The van der Waals surface area contributed by atoms with Gasteiger partial charge in [-0.1, -0.05) is 25.7 Å². The second-order valence-electron chi connectivity index (χ2n) is 6.40. The average Bonchev–Trinajstić information content (AvgIpc) is 2.84. The van der Waals surface area contributed by atoms with Crippen molar-refractivity contribution in [2.24, 2.45) is 5.41 Å². The van der Waals surface area contributed by atoms with Gasteiger partial charge in [0.25, 0.3) is 0 Å². The van der Waals surface area contributed by atoms with Gasteiger partial charge in [0.05, 0.1) is 17.1 Å². The van der Waals surface area contributed by atoms with Crippen molar-refractivity contribution in [1.29, 1.82) is 0 Å². The molecule has 6 heteroatoms. The molecule has 3 N–H and O–H groups in total. The number of aromatic nitrogens is 2. The second-order valence-corrected chi connectivity index (χ2v) is 6.40. The van der Waals surface area contributed by atoms with E-state index in [4.69, 9.17) is 0 Å². The first-order chi connectivity index (χ1) is 11.1. The third kappa shape index (κ3) is 3.36. The van der Waals surface area contributed by atoms with Crippen LogP contribution in [-0.4, -0.2) is 27.2 Å². The minimum Gasteiger partial charge on any atom is -0.481 e. The standard InChI is InChI=1S/C17H21N3O3/c21-15(10-17(16(22)23)7-3-1-2-4-8-17)19-13-6-5-12-11-18-20-14(12)9-13/h5-6,9,11H,1-4,7-8,10H2,(H,18,20)(H,19,21)(H,22,23). The quantitative estimate of drug-likeness (QED) is 0.754. The molecule has 0 unspecified atom stereocenters. The summed E-state index contributed by atoms with van der Waals surface area (Å²) < 4.78 is 0. The summed E-state index contributed by atoms with van der Waals surface area (Å²) in [6.07, 6.45) is 6.75. The van der Waals surface area contributed by atoms with E-state index in [0.717, 1.165) is 36.6 Å². The Labute approximate surface area is 134 Å². The molecule has 1 aliphatic carbocycles. The Morgan fingerprint density at radius 2 is 1.96 bits per heavy atom. The van der Waals surface area contributed by atoms with Gasteiger partial charge in [0.15, 0.2) is 0 Å². The van der Waals surface area contributed by atoms with Crippen molar-refractivity contribution >= 4 is 28.5 Å². The molecule has 3 rings (SSSR count). The number of amides is 1. The number of nitrogens with one attached hydrogen (secondary N) is 2. The maximum Gasteiger partial charge on any atom is 0.310 e. The van der Waals surface area contributed by atoms with Crippen LogP contribution < -0.4 is 5.32 Å². The molecule has 1 fully saturated rings. The van der Waals surface area contributed by atoms with Gasteiger partial charge in [0.1, 0.15) is 0 Å². The fourth-order valence-corrected chi connectivity index (χ4v) is 3.40. The number of carboxylic acids is 1. The zero-order valence-electron chi connectivity index (χ0n) is 13.0. The normalized spacial score (nSPS) is 17.6. The fourth-order valence-electron chi connectivity index (χ4n) is 3.40. The van der Waals surface area contributed by atoms with Crippen LogP contribution >= 0.6 is 0 Å². The first-order valence-electron chi connectivity index (χ1n) is 8.05. The Kier molecular flexibility index (Phi) is 4.32. The van der Waals surface area contributed by atoms with Crippen molar-refractivity contribution in [3.8, 4) is 0 Å². The van der Waals surface area contributed by atoms with Crippen molar-refractivity contribution in [2.45, 2.75) is 44.9 Å². The molecule has 0 aliphatic heterocycles. The molecule has 0 spiro atoms. The van der Waals surface area contributed by atoms with Crippen LogP contribution in [-0.2, 0) is 9.59 Å². The molecule has 0 radical (unpaired) electrons. The number of aromatic amines is 1. The smallest absolute Gasteiger partial charge is 0.310 e. The number of nitrogens with zero attached hydrogens (tertiary/aromatic N) is 1. The number of hydrogen-bond donors (Lipinski definition) is 3. The Balaban J connectivity index is 1.72. The van der Waals surface area contributed by atoms with Gasteiger partial charge in [-0.2, -0.15) is 5.10 Å². The van der Waals surface area contributed by atoms with Gasteiger partial charge in [-0.3, -0.25) is 14.7 Å². The Hall–Kier alpha value is -2.37. The highest BCUT2D eigenvalue weighted by molar-refractivity contribution is 5.96. The minimum atomic E-state index is -0.918. The zero-order valence-corrected chi connectivity index (χ0v) is 13.0. The second kappa shape index (κ2) is 6.40. The highest BCUT2D eigenvalue weighted by Gasteiger charge is 2.40. The lowest BCUT2D eigenvalue weighted by atomic mass is 9.77. The van der Waals surface area contributed by atoms with Crippen LogP contribution in [0.5, 0.6) is 0 Å². The number of carboxylic acid groups (broad SMARTS) is 1. The lowest BCUT2D eigenvalue weighted by molar-refractivity contribution is -0.152. The summed E-state index contributed by atoms with van der Waals surface area (Å²) in [5.41, 5.74) is 0.574. The van der Waals surface area contributed by atoms with Crippen LogP contribution in [0, 0.1) is 5.41 Å². The SMILES string of the molecule is O=C(CC1(C(=O)O)CCCCCC1)Nc1ccc2cn[nH]c2c1. The molecule has 1 saturated carbocycles. The molecule has 1 heterocycles. The van der Waals surface area contributed by atoms with Crippen molar-refractivity contribution in [3.63, 3.8) is 0 Å². The molecule has 1 aromatic heterocycles. The summed E-state index contributed by atoms with van der Waals surface area (Å²) in [6, 6.07) is 5.48. The van der Waals surface area contributed by atoms with Crippen LogP contribution in [0.1, 0.15) is 44.9 Å². The molecular formula is C17H21N3O3. The van der Waals surface area contributed by atoms with Crippen LogP contribution in [0.25, 0.3) is 10.9 Å². The molecule has 0 bridgehead atoms. The highest BCUT2D eigenvalue weighted by atomic mass is 16.4. The van der Waals surface area contributed by atoms with E-state index in [1.165, 1.54) is 0 Å². The molecule has 1 aromatic carbocycles. The van der Waals surface area contributed by atoms with Crippen LogP contribution in [0.2, 0.25) is 0 Å². The van der Waals surface area contributed by atoms with Gasteiger partial charge in [-0.05, 0) is 31.0 Å². The Morgan fingerprint density at radius 3 is 2.65 bits per heavy atom. The molecule has 0 saturated heterocycles. The van der Waals surface area contributed by atoms with Crippen molar-refractivity contribution < 1.29 is 14.7 Å². The fraction of sp³-hybridized carbons (Fsp3) is 0.471. The average molecular weight is 315 g/mol. The maximum absolute atomic E-state index is 12.4. The number of carbonyl (C=O) groups excluding carboxylic acids is 1. The number of anilines is 1. The van der Waals surface area contributed by atoms with E-state index in [1.807, 2.05) is 6.07 Å². The summed E-state index contributed by atoms with van der Waals surface area (Å²) in [4.78, 5) is 24.1.